The Bertz CT molecular complexity index is 1860. The van der Waals surface area contributed by atoms with Crippen molar-refractivity contribution in [2.24, 2.45) is 23.7 Å². The summed E-state index contributed by atoms with van der Waals surface area (Å²) in [6, 6.07) is 8.82. The number of quaternary nitrogens is 2. The van der Waals surface area contributed by atoms with Gasteiger partial charge < -0.3 is 46.9 Å². The highest BCUT2D eigenvalue weighted by Crippen LogP contribution is 2.52. The van der Waals surface area contributed by atoms with Gasteiger partial charge in [0.25, 0.3) is 0 Å². The minimum atomic E-state index is -0.542. The first kappa shape index (κ1) is 42.9. The first-order valence-corrected chi connectivity index (χ1v) is 21.8. The van der Waals surface area contributed by atoms with E-state index in [1.807, 2.05) is 24.3 Å². The second-order valence-electron chi connectivity index (χ2n) is 18.7. The van der Waals surface area contributed by atoms with Gasteiger partial charge >= 0.3 is 23.9 Å². The van der Waals surface area contributed by atoms with E-state index >= 15 is 0 Å². The van der Waals surface area contributed by atoms with Crippen LogP contribution >= 0.6 is 0 Å². The van der Waals surface area contributed by atoms with Crippen molar-refractivity contribution in [3.8, 4) is 34.5 Å². The Morgan fingerprint density at radius 1 is 0.525 bits per heavy atom. The molecule has 330 valence electrons. The van der Waals surface area contributed by atoms with Gasteiger partial charge in [-0.05, 0) is 42.5 Å². The summed E-state index contributed by atoms with van der Waals surface area (Å²) in [5.74, 6) is -0.281. The van der Waals surface area contributed by atoms with Gasteiger partial charge in [-0.25, -0.2) is 0 Å². The molecule has 2 aromatic rings. The van der Waals surface area contributed by atoms with Crippen molar-refractivity contribution in [2.45, 2.75) is 121 Å². The summed E-state index contributed by atoms with van der Waals surface area (Å²) in [4.78, 5) is 52.0. The van der Waals surface area contributed by atoms with E-state index in [2.05, 4.69) is 26.2 Å². The predicted molar refractivity (Wildman–Crippen MR) is 221 cm³/mol. The van der Waals surface area contributed by atoms with Gasteiger partial charge in [0, 0.05) is 76.3 Å². The smallest absolute Gasteiger partial charge is 0.310 e. The topological polar surface area (TPSA) is 142 Å². The highest BCUT2D eigenvalue weighted by molar-refractivity contribution is 5.84. The number of hydrogen-bond acceptors (Lipinski definition) is 12. The standard InChI is InChI=1S/C47H62N2O12/c1-26(50)58-44-38(54-5)15-28(16-39(44)55-6)24-48(3)32-11-12-33(48)21-36(20-32)60-46(52)42-30-9-10-31(19-30)43(42)47(53)61-37-22-34-13-14-35(23-37)49(34,4)25-29-17-40(56-7)45(59-27(2)51)41(18-29)57-8/h9-10,15-18,30-37,42-43H,11-14,19-25H2,1-8H3/q+2. The number of carbonyl (C=O) groups is 4. The fourth-order valence-electron chi connectivity index (χ4n) is 12.4. The van der Waals surface area contributed by atoms with Gasteiger partial charge in [0.2, 0.25) is 11.5 Å². The van der Waals surface area contributed by atoms with Crippen molar-refractivity contribution in [3.05, 3.63) is 47.5 Å². The van der Waals surface area contributed by atoms with E-state index < -0.39 is 23.8 Å². The average molecular weight is 847 g/mol. The molecule has 0 aromatic heterocycles. The SMILES string of the molecule is COc1cc(C[N+]2(C)C3CCC2CC(OC(=O)C2C4C=CC(C4)C2C(=O)OC2CC4CCC(C2)[N+]4(C)Cc2cc(OC)c(OC(C)=O)c(OC)c2)C3)cc(OC)c1OC(C)=O. The quantitative estimate of drug-likeness (QED) is 0.0943. The number of ether oxygens (including phenoxy) is 8. The van der Waals surface area contributed by atoms with Crippen LogP contribution in [0.3, 0.4) is 0 Å². The maximum atomic E-state index is 14.2. The molecule has 5 fully saturated rings. The molecule has 2 aromatic carbocycles. The second-order valence-corrected chi connectivity index (χ2v) is 18.7. The molecular formula is C47H62N2O12+2. The van der Waals surface area contributed by atoms with E-state index in [1.165, 1.54) is 13.8 Å². The number of fused-ring (bicyclic) bond motifs is 6. The Balaban J connectivity index is 0.901. The third-order valence-electron chi connectivity index (χ3n) is 15.3. The summed E-state index contributed by atoms with van der Waals surface area (Å²) in [7, 11) is 10.8. The van der Waals surface area contributed by atoms with Crippen molar-refractivity contribution in [3.63, 3.8) is 0 Å². The normalized spacial score (nSPS) is 34.1. The van der Waals surface area contributed by atoms with Crippen molar-refractivity contribution in [1.29, 1.82) is 0 Å². The lowest BCUT2D eigenvalue weighted by Gasteiger charge is -2.47. The first-order valence-electron chi connectivity index (χ1n) is 21.8. The Morgan fingerprint density at radius 2 is 0.836 bits per heavy atom. The lowest BCUT2D eigenvalue weighted by Crippen LogP contribution is -2.58. The zero-order chi connectivity index (χ0) is 43.4. The van der Waals surface area contributed by atoms with Crippen molar-refractivity contribution >= 4 is 23.9 Å². The lowest BCUT2D eigenvalue weighted by atomic mass is 9.82. The molecule has 0 N–H and O–H groups in total. The van der Waals surface area contributed by atoms with E-state index in [9.17, 15) is 19.2 Å². The number of methoxy groups -OCH3 is 4. The van der Waals surface area contributed by atoms with Crippen molar-refractivity contribution in [2.75, 3.05) is 42.5 Å². The summed E-state index contributed by atoms with van der Waals surface area (Å²) in [6.45, 7) is 4.14. The molecule has 6 bridgehead atoms. The number of rotatable bonds is 14. The second kappa shape index (κ2) is 16.8. The molecule has 14 nitrogen and oxygen atoms in total. The molecule has 0 spiro atoms. The van der Waals surface area contributed by atoms with Crippen LogP contribution in [0.15, 0.2) is 36.4 Å². The molecule has 6 aliphatic rings. The highest BCUT2D eigenvalue weighted by atomic mass is 16.6. The largest absolute Gasteiger partial charge is 0.493 e. The summed E-state index contributed by atoms with van der Waals surface area (Å²) < 4.78 is 47.7. The Hall–Kier alpha value is -4.82. The third kappa shape index (κ3) is 7.94. The summed E-state index contributed by atoms with van der Waals surface area (Å²) in [5.41, 5.74) is 2.02. The number of allylic oxidation sites excluding steroid dienone is 2. The van der Waals surface area contributed by atoms with Gasteiger partial charge in [-0.2, -0.15) is 0 Å². The highest BCUT2D eigenvalue weighted by Gasteiger charge is 2.58. The van der Waals surface area contributed by atoms with Crippen LogP contribution in [0.2, 0.25) is 0 Å². The van der Waals surface area contributed by atoms with Crippen LogP contribution in [0.5, 0.6) is 34.5 Å². The minimum Gasteiger partial charge on any atom is -0.493 e. The van der Waals surface area contributed by atoms with Crippen molar-refractivity contribution < 1.29 is 66.0 Å². The average Bonchev–Trinajstić information content (AvgIpc) is 3.89. The van der Waals surface area contributed by atoms with Crippen LogP contribution in [0.25, 0.3) is 0 Å². The van der Waals surface area contributed by atoms with E-state index in [0.29, 0.717) is 23.0 Å². The lowest BCUT2D eigenvalue weighted by molar-refractivity contribution is -0.961. The fourth-order valence-corrected chi connectivity index (χ4v) is 12.4. The number of hydrogen-bond donors (Lipinski definition) is 0. The zero-order valence-corrected chi connectivity index (χ0v) is 36.8. The van der Waals surface area contributed by atoms with Gasteiger partial charge in [0.05, 0.1) is 78.5 Å². The monoisotopic (exact) mass is 846 g/mol. The summed E-state index contributed by atoms with van der Waals surface area (Å²) in [6.07, 6.45) is 11.7. The van der Waals surface area contributed by atoms with Crippen LogP contribution in [0.4, 0.5) is 0 Å². The molecular weight excluding hydrogens is 785 g/mol. The summed E-state index contributed by atoms with van der Waals surface area (Å²) >= 11 is 0. The predicted octanol–water partition coefficient (Wildman–Crippen LogP) is 6.08. The maximum Gasteiger partial charge on any atom is 0.310 e. The molecule has 8 unspecified atom stereocenters. The number of esters is 4. The number of piperidine rings is 2. The van der Waals surface area contributed by atoms with Gasteiger partial charge in [0.1, 0.15) is 25.3 Å². The number of nitrogens with zero attached hydrogens (tertiary/aromatic N) is 2. The fraction of sp³-hybridized carbons (Fsp3) is 0.617. The van der Waals surface area contributed by atoms with Gasteiger partial charge in [-0.1, -0.05) is 12.2 Å². The Morgan fingerprint density at radius 3 is 1.11 bits per heavy atom. The molecule has 4 heterocycles. The van der Waals surface area contributed by atoms with Crippen LogP contribution in [-0.4, -0.2) is 112 Å². The molecule has 4 aliphatic heterocycles. The molecule has 14 heteroatoms. The van der Waals surface area contributed by atoms with Crippen LogP contribution in [0.1, 0.15) is 82.8 Å². The van der Waals surface area contributed by atoms with Gasteiger partial charge in [-0.3, -0.25) is 19.2 Å². The van der Waals surface area contributed by atoms with E-state index in [-0.39, 0.29) is 71.6 Å². The molecule has 1 saturated carbocycles. The van der Waals surface area contributed by atoms with Crippen LogP contribution in [0, 0.1) is 23.7 Å². The van der Waals surface area contributed by atoms with Gasteiger partial charge in [0.15, 0.2) is 23.0 Å². The molecule has 8 rings (SSSR count). The molecule has 4 saturated heterocycles. The number of benzene rings is 2. The molecule has 8 atom stereocenters. The van der Waals surface area contributed by atoms with Crippen LogP contribution in [-0.2, 0) is 41.7 Å². The van der Waals surface area contributed by atoms with Gasteiger partial charge in [-0.15, -0.1) is 0 Å². The third-order valence-corrected chi connectivity index (χ3v) is 15.3. The zero-order valence-electron chi connectivity index (χ0n) is 36.8. The Labute approximate surface area is 358 Å². The maximum absolute atomic E-state index is 14.2. The van der Waals surface area contributed by atoms with E-state index in [4.69, 9.17) is 37.9 Å². The summed E-state index contributed by atoms with van der Waals surface area (Å²) in [5, 5.41) is 0. The van der Waals surface area contributed by atoms with Crippen LogP contribution < -0.4 is 28.4 Å². The van der Waals surface area contributed by atoms with E-state index in [0.717, 1.165) is 91.0 Å². The Kier molecular flexibility index (Phi) is 11.8. The first-order chi connectivity index (χ1) is 29.2. The molecule has 0 amide bonds. The van der Waals surface area contributed by atoms with E-state index in [1.54, 1.807) is 28.4 Å². The number of carbonyl (C=O) groups excluding carboxylic acids is 4. The molecule has 0 radical (unpaired) electrons. The molecule has 61 heavy (non-hydrogen) atoms. The molecule has 2 aliphatic carbocycles. The van der Waals surface area contributed by atoms with Crippen molar-refractivity contribution in [1.82, 2.24) is 0 Å². The minimum absolute atomic E-state index is 0.0277.